The van der Waals surface area contributed by atoms with Crippen LogP contribution in [0.3, 0.4) is 0 Å². The molecule has 0 radical (unpaired) electrons. The predicted octanol–water partition coefficient (Wildman–Crippen LogP) is 4.27. The van der Waals surface area contributed by atoms with E-state index < -0.39 is 0 Å². The number of hydrogen-bond acceptors (Lipinski definition) is 5. The molecule has 31 heavy (non-hydrogen) atoms. The number of ether oxygens (including phenoxy) is 1. The second-order valence-electron chi connectivity index (χ2n) is 12.8. The van der Waals surface area contributed by atoms with Gasteiger partial charge in [-0.15, -0.1) is 0 Å². The van der Waals surface area contributed by atoms with Crippen LogP contribution < -0.4 is 10.6 Å². The molecule has 0 atom stereocenters. The van der Waals surface area contributed by atoms with Gasteiger partial charge in [0.15, 0.2) is 0 Å². The largest absolute Gasteiger partial charge is 0.381 e. The van der Waals surface area contributed by atoms with Gasteiger partial charge in [-0.1, -0.05) is 0 Å². The van der Waals surface area contributed by atoms with E-state index in [4.69, 9.17) is 4.74 Å². The molecule has 2 aliphatic rings. The maximum absolute atomic E-state index is 5.91. The molecule has 2 aliphatic heterocycles. The molecule has 2 heterocycles. The number of nitrogens with zero attached hydrogens (tertiary/aromatic N) is 2. The highest BCUT2D eigenvalue weighted by molar-refractivity contribution is 5.01. The topological polar surface area (TPSA) is 39.8 Å². The molecule has 2 N–H and O–H groups in total. The van der Waals surface area contributed by atoms with Crippen molar-refractivity contribution in [3.63, 3.8) is 0 Å². The molecule has 5 heteroatoms. The fraction of sp³-hybridized carbons (Fsp3) is 1.00. The van der Waals surface area contributed by atoms with Gasteiger partial charge in [-0.3, -0.25) is 9.80 Å². The first-order valence-electron chi connectivity index (χ1n) is 12.7. The highest BCUT2D eigenvalue weighted by Gasteiger charge is 2.43. The molecule has 0 aliphatic carbocycles. The normalized spacial score (nSPS) is 26.9. The van der Waals surface area contributed by atoms with Crippen LogP contribution in [0.5, 0.6) is 0 Å². The molecule has 5 nitrogen and oxygen atoms in total. The molecule has 0 unspecified atom stereocenters. The zero-order valence-electron chi connectivity index (χ0n) is 22.5. The Hall–Kier alpha value is -0.200. The van der Waals surface area contributed by atoms with Crippen molar-refractivity contribution >= 4 is 0 Å². The van der Waals surface area contributed by atoms with E-state index in [-0.39, 0.29) is 22.2 Å². The Labute approximate surface area is 194 Å². The summed E-state index contributed by atoms with van der Waals surface area (Å²) in [6.45, 7) is 22.8. The van der Waals surface area contributed by atoms with Crippen molar-refractivity contribution in [2.75, 3.05) is 40.4 Å². The van der Waals surface area contributed by atoms with Crippen molar-refractivity contribution in [2.45, 2.75) is 128 Å². The van der Waals surface area contributed by atoms with Crippen LogP contribution in [-0.4, -0.2) is 84.4 Å². The highest BCUT2D eigenvalue weighted by atomic mass is 16.5. The third kappa shape index (κ3) is 7.40. The maximum Gasteiger partial charge on any atom is 0.0478 e. The fourth-order valence-electron chi connectivity index (χ4n) is 6.09. The minimum Gasteiger partial charge on any atom is -0.381 e. The fourth-order valence-corrected chi connectivity index (χ4v) is 6.09. The standard InChI is InChI=1S/C26H54N4O/c1-23(2)17-21(18-24(3,4)29(23)9)27-13-11-15-31-16-12-14-28-22-19-25(5,6)30(10)26(7,8)20-22/h21-22,27-28H,11-20H2,1-10H3. The van der Waals surface area contributed by atoms with E-state index in [1.165, 1.54) is 25.7 Å². The van der Waals surface area contributed by atoms with E-state index in [0.29, 0.717) is 12.1 Å². The molecule has 0 bridgehead atoms. The average Bonchev–Trinajstić information content (AvgIpc) is 2.62. The van der Waals surface area contributed by atoms with Crippen molar-refractivity contribution in [3.8, 4) is 0 Å². The zero-order valence-corrected chi connectivity index (χ0v) is 22.5. The molecular formula is C26H54N4O. The van der Waals surface area contributed by atoms with Crippen LogP contribution >= 0.6 is 0 Å². The van der Waals surface area contributed by atoms with E-state index in [1.54, 1.807) is 0 Å². The monoisotopic (exact) mass is 438 g/mol. The van der Waals surface area contributed by atoms with Gasteiger partial charge in [0.2, 0.25) is 0 Å². The van der Waals surface area contributed by atoms with Gasteiger partial charge in [0.25, 0.3) is 0 Å². The van der Waals surface area contributed by atoms with Crippen molar-refractivity contribution in [1.29, 1.82) is 0 Å². The van der Waals surface area contributed by atoms with Crippen LogP contribution in [0.1, 0.15) is 93.9 Å². The highest BCUT2D eigenvalue weighted by Crippen LogP contribution is 2.37. The summed E-state index contributed by atoms with van der Waals surface area (Å²) in [6, 6.07) is 1.21. The van der Waals surface area contributed by atoms with Gasteiger partial charge in [-0.05, 0) is 121 Å². The molecule has 0 aromatic carbocycles. The van der Waals surface area contributed by atoms with Crippen molar-refractivity contribution in [2.24, 2.45) is 0 Å². The Morgan fingerprint density at radius 2 is 0.903 bits per heavy atom. The predicted molar refractivity (Wildman–Crippen MR) is 134 cm³/mol. The smallest absolute Gasteiger partial charge is 0.0478 e. The molecule has 0 aromatic rings. The summed E-state index contributed by atoms with van der Waals surface area (Å²) in [6.07, 6.45) is 7.04. The number of hydrogen-bond donors (Lipinski definition) is 2. The first-order valence-corrected chi connectivity index (χ1v) is 12.7. The Bertz CT molecular complexity index is 474. The Morgan fingerprint density at radius 3 is 1.19 bits per heavy atom. The quantitative estimate of drug-likeness (QED) is 0.499. The minimum absolute atomic E-state index is 0.251. The lowest BCUT2D eigenvalue weighted by Crippen LogP contribution is -2.62. The summed E-state index contributed by atoms with van der Waals surface area (Å²) in [4.78, 5) is 5.09. The van der Waals surface area contributed by atoms with E-state index in [2.05, 4.69) is 89.9 Å². The van der Waals surface area contributed by atoms with E-state index >= 15 is 0 Å². The van der Waals surface area contributed by atoms with Crippen LogP contribution in [0.15, 0.2) is 0 Å². The average molecular weight is 439 g/mol. The molecule has 0 saturated carbocycles. The molecule has 2 saturated heterocycles. The molecule has 0 amide bonds. The van der Waals surface area contributed by atoms with Crippen LogP contribution in [0.25, 0.3) is 0 Å². The number of likely N-dealkylation sites (tertiary alicyclic amines) is 2. The van der Waals surface area contributed by atoms with Crippen molar-refractivity contribution < 1.29 is 4.74 Å². The van der Waals surface area contributed by atoms with Gasteiger partial charge in [0.05, 0.1) is 0 Å². The summed E-state index contributed by atoms with van der Waals surface area (Å²) in [5, 5.41) is 7.59. The Kier molecular flexibility index (Phi) is 9.06. The van der Waals surface area contributed by atoms with Gasteiger partial charge in [0, 0.05) is 47.5 Å². The molecular weight excluding hydrogens is 384 g/mol. The first-order chi connectivity index (χ1) is 14.2. The first kappa shape index (κ1) is 27.0. The molecule has 184 valence electrons. The minimum atomic E-state index is 0.251. The number of nitrogens with one attached hydrogen (secondary N) is 2. The molecule has 2 fully saturated rings. The lowest BCUT2D eigenvalue weighted by atomic mass is 9.77. The number of rotatable bonds is 10. The van der Waals surface area contributed by atoms with Gasteiger partial charge in [-0.2, -0.15) is 0 Å². The third-order valence-corrected chi connectivity index (χ3v) is 8.41. The second kappa shape index (κ2) is 10.4. The molecule has 0 aromatic heterocycles. The Morgan fingerprint density at radius 1 is 0.613 bits per heavy atom. The van der Waals surface area contributed by atoms with Crippen LogP contribution in [0, 0.1) is 0 Å². The van der Waals surface area contributed by atoms with Gasteiger partial charge < -0.3 is 15.4 Å². The van der Waals surface area contributed by atoms with E-state index in [9.17, 15) is 0 Å². The summed E-state index contributed by atoms with van der Waals surface area (Å²) in [5.41, 5.74) is 1.00. The van der Waals surface area contributed by atoms with Gasteiger partial charge in [0.1, 0.15) is 0 Å². The van der Waals surface area contributed by atoms with Gasteiger partial charge >= 0.3 is 0 Å². The summed E-state index contributed by atoms with van der Waals surface area (Å²) < 4.78 is 5.91. The lowest BCUT2D eigenvalue weighted by Gasteiger charge is -2.53. The summed E-state index contributed by atoms with van der Waals surface area (Å²) in [5.74, 6) is 0. The van der Waals surface area contributed by atoms with E-state index in [0.717, 1.165) is 39.1 Å². The number of piperidine rings is 2. The van der Waals surface area contributed by atoms with Gasteiger partial charge in [-0.25, -0.2) is 0 Å². The summed E-state index contributed by atoms with van der Waals surface area (Å²) >= 11 is 0. The van der Waals surface area contributed by atoms with Crippen LogP contribution in [0.4, 0.5) is 0 Å². The maximum atomic E-state index is 5.91. The van der Waals surface area contributed by atoms with Crippen LogP contribution in [0.2, 0.25) is 0 Å². The van der Waals surface area contributed by atoms with Crippen molar-refractivity contribution in [3.05, 3.63) is 0 Å². The molecule has 0 spiro atoms. The van der Waals surface area contributed by atoms with Crippen molar-refractivity contribution in [1.82, 2.24) is 20.4 Å². The summed E-state index contributed by atoms with van der Waals surface area (Å²) in [7, 11) is 4.54. The van der Waals surface area contributed by atoms with Crippen LogP contribution in [-0.2, 0) is 4.74 Å². The zero-order chi connectivity index (χ0) is 23.5. The second-order valence-corrected chi connectivity index (χ2v) is 12.8. The third-order valence-electron chi connectivity index (χ3n) is 8.41. The molecule has 2 rings (SSSR count). The lowest BCUT2D eigenvalue weighted by molar-refractivity contribution is -0.0184. The van der Waals surface area contributed by atoms with E-state index in [1.807, 2.05) is 0 Å². The Balaban J connectivity index is 1.54. The SMILES string of the molecule is CN1C(C)(C)CC(NCCCOCCCNC2CC(C)(C)N(C)C(C)(C)C2)CC1(C)C.